The summed E-state index contributed by atoms with van der Waals surface area (Å²) in [4.78, 5) is 0. The van der Waals surface area contributed by atoms with E-state index in [0.29, 0.717) is 6.42 Å². The summed E-state index contributed by atoms with van der Waals surface area (Å²) < 4.78 is 24.8. The van der Waals surface area contributed by atoms with Gasteiger partial charge in [0.2, 0.25) is 0 Å². The van der Waals surface area contributed by atoms with Crippen molar-refractivity contribution in [3.8, 4) is 6.07 Å². The van der Waals surface area contributed by atoms with E-state index in [-0.39, 0.29) is 56.4 Å². The zero-order chi connectivity index (χ0) is 31.0. The van der Waals surface area contributed by atoms with Crippen LogP contribution in [0.25, 0.3) is 0 Å². The number of nitrogens with zero attached hydrogens (tertiary/aromatic N) is 1. The minimum Gasteiger partial charge on any atom is -0.394 e. The summed E-state index contributed by atoms with van der Waals surface area (Å²) in [6, 6.07) is 33.2. The second-order valence-corrected chi connectivity index (χ2v) is 14.7. The Bertz CT molecular complexity index is 1320. The molecule has 0 bridgehead atoms. The van der Waals surface area contributed by atoms with Gasteiger partial charge in [-0.1, -0.05) is 91.0 Å². The normalized spacial score (nSPS) is 26.6. The Morgan fingerprint density at radius 1 is 0.841 bits per heavy atom. The Kier molecular flexibility index (Phi) is 11.5. The van der Waals surface area contributed by atoms with Gasteiger partial charge in [0.15, 0.2) is 0 Å². The first-order valence-electron chi connectivity index (χ1n) is 15.3. The number of nitriles is 1. The molecule has 3 unspecified atom stereocenters. The maximum absolute atomic E-state index is 9.88. The van der Waals surface area contributed by atoms with E-state index in [0.717, 1.165) is 23.1 Å². The van der Waals surface area contributed by atoms with E-state index in [1.165, 1.54) is 0 Å². The van der Waals surface area contributed by atoms with Crippen molar-refractivity contribution >= 4 is 34.1 Å². The van der Waals surface area contributed by atoms with Gasteiger partial charge in [-0.05, 0) is 41.3 Å². The number of nitrogens with one attached hydrogen (secondary N) is 2. The number of rotatable bonds is 14. The van der Waals surface area contributed by atoms with E-state index < -0.39 is 18.3 Å². The maximum atomic E-state index is 9.88. The molecule has 8 nitrogen and oxygen atoms in total. The van der Waals surface area contributed by atoms with Crippen LogP contribution in [-0.2, 0) is 35.9 Å². The molecule has 3 aromatic carbocycles. The Morgan fingerprint density at radius 3 is 1.84 bits per heavy atom. The van der Waals surface area contributed by atoms with Crippen LogP contribution in [0.15, 0.2) is 91.0 Å². The van der Waals surface area contributed by atoms with Gasteiger partial charge in [-0.2, -0.15) is 5.26 Å². The summed E-state index contributed by atoms with van der Waals surface area (Å²) in [6.45, 7) is -2.86. The Balaban J connectivity index is 1.44. The minimum atomic E-state index is -3.07. The van der Waals surface area contributed by atoms with Crippen LogP contribution in [0.4, 0.5) is 0 Å². The van der Waals surface area contributed by atoms with E-state index in [2.05, 4.69) is 97.1 Å². The molecule has 230 valence electrons. The monoisotopic (exact) mass is 631 g/mol. The lowest BCUT2D eigenvalue weighted by Crippen LogP contribution is -2.53. The topological polar surface area (TPSA) is 105 Å². The highest BCUT2D eigenvalue weighted by Crippen LogP contribution is 2.47. The quantitative estimate of drug-likeness (QED) is 0.107. The highest BCUT2D eigenvalue weighted by atomic mass is 32.5. The molecule has 0 amide bonds. The lowest BCUT2D eigenvalue weighted by Gasteiger charge is -2.40. The molecule has 0 radical (unpaired) electrons. The number of benzene rings is 3. The molecule has 2 fully saturated rings. The molecule has 5 rings (SSSR count). The highest BCUT2D eigenvalue weighted by molar-refractivity contribution is 8.09. The third kappa shape index (κ3) is 7.71. The van der Waals surface area contributed by atoms with Crippen LogP contribution in [-0.4, -0.2) is 76.9 Å². The molecule has 2 aliphatic heterocycles. The standard InChI is InChI=1S/C32H40B2N3O5PS/c33-30-19-26(29(42-30)22-40-43(44,39-18-10-17-35)37-27-20-31(34)41-28(27)21-38)36-32(23-11-4-1-5-12-23,24-13-6-2-7-14-24)25-15-8-3-9-16-25/h1-9,11-16,26-31,36,38H,10,18-22,33-34H2,(H,37,44)/t26?,27?,28-,29-,30-,31-,43?/m1/s1. The Morgan fingerprint density at radius 2 is 1.34 bits per heavy atom. The van der Waals surface area contributed by atoms with Crippen LogP contribution in [0.3, 0.4) is 0 Å². The van der Waals surface area contributed by atoms with Crippen molar-refractivity contribution in [1.82, 2.24) is 10.4 Å². The number of aliphatic hydroxyl groups excluding tert-OH is 1. The SMILES string of the molecule is B[C@H]1CC(NC(c2ccccc2)(c2ccccc2)c2ccccc2)[C@@H](COP(=S)(NC2C[C@H](B)O[C@@H]2CO)OCCC#N)O1. The van der Waals surface area contributed by atoms with E-state index in [1.807, 2.05) is 26.0 Å². The average molecular weight is 631 g/mol. The lowest BCUT2D eigenvalue weighted by molar-refractivity contribution is 0.0300. The fourth-order valence-electron chi connectivity index (χ4n) is 6.32. The van der Waals surface area contributed by atoms with Crippen molar-refractivity contribution in [2.24, 2.45) is 0 Å². The first-order valence-corrected chi connectivity index (χ1v) is 17.9. The highest BCUT2D eigenvalue weighted by Gasteiger charge is 2.44. The Labute approximate surface area is 267 Å². The summed E-state index contributed by atoms with van der Waals surface area (Å²) in [5, 5.41) is 26.4. The number of hydrogen-bond donors (Lipinski definition) is 3. The molecule has 7 atom stereocenters. The van der Waals surface area contributed by atoms with E-state index in [9.17, 15) is 5.11 Å². The summed E-state index contributed by atoms with van der Waals surface area (Å²) >= 11 is 5.97. The molecule has 3 N–H and O–H groups in total. The number of aliphatic hydroxyl groups is 1. The molecule has 3 aromatic rings. The van der Waals surface area contributed by atoms with Crippen LogP contribution in [0.2, 0.25) is 0 Å². The fourth-order valence-corrected chi connectivity index (χ4v) is 8.71. The average Bonchev–Trinajstić information content (AvgIpc) is 3.59. The minimum absolute atomic E-state index is 0.00528. The number of ether oxygens (including phenoxy) is 2. The predicted molar refractivity (Wildman–Crippen MR) is 180 cm³/mol. The third-order valence-electron chi connectivity index (χ3n) is 8.29. The summed E-state index contributed by atoms with van der Waals surface area (Å²) in [5.41, 5.74) is 2.70. The first kappa shape index (κ1) is 33.0. The number of hydrogen-bond acceptors (Lipinski definition) is 8. The van der Waals surface area contributed by atoms with Gasteiger partial charge >= 0.3 is 0 Å². The zero-order valence-corrected chi connectivity index (χ0v) is 27.0. The molecule has 2 heterocycles. The predicted octanol–water partition coefficient (Wildman–Crippen LogP) is 2.55. The first-order chi connectivity index (χ1) is 21.4. The summed E-state index contributed by atoms with van der Waals surface area (Å²) in [7, 11) is 4.04. The fraction of sp³-hybridized carbons (Fsp3) is 0.406. The largest absolute Gasteiger partial charge is 0.394 e. The maximum Gasteiger partial charge on any atom is 0.261 e. The summed E-state index contributed by atoms with van der Waals surface area (Å²) in [6.07, 6.45) is 0.907. The molecular weight excluding hydrogens is 591 g/mol. The van der Waals surface area contributed by atoms with Crippen LogP contribution in [0.1, 0.15) is 36.0 Å². The second kappa shape index (κ2) is 15.3. The zero-order valence-electron chi connectivity index (χ0n) is 25.2. The van der Waals surface area contributed by atoms with Gasteiger partial charge in [0.25, 0.3) is 6.64 Å². The molecule has 0 saturated carbocycles. The second-order valence-electron chi connectivity index (χ2n) is 11.5. The molecule has 12 heteroatoms. The van der Waals surface area contributed by atoms with Crippen molar-refractivity contribution < 1.29 is 23.6 Å². The van der Waals surface area contributed by atoms with Crippen LogP contribution in [0, 0.1) is 11.3 Å². The van der Waals surface area contributed by atoms with Crippen LogP contribution < -0.4 is 10.4 Å². The Hall–Kier alpha value is -2.35. The third-order valence-corrected chi connectivity index (χ3v) is 10.9. The van der Waals surface area contributed by atoms with Gasteiger partial charge in [0.05, 0.1) is 50.1 Å². The lowest BCUT2D eigenvalue weighted by atomic mass is 9.76. The molecule has 0 spiro atoms. The van der Waals surface area contributed by atoms with Gasteiger partial charge in [-0.25, -0.2) is 5.09 Å². The van der Waals surface area contributed by atoms with Gasteiger partial charge in [-0.3, -0.25) is 5.32 Å². The molecule has 44 heavy (non-hydrogen) atoms. The van der Waals surface area contributed by atoms with E-state index in [1.54, 1.807) is 0 Å². The molecule has 0 aromatic heterocycles. The van der Waals surface area contributed by atoms with Crippen LogP contribution in [0.5, 0.6) is 0 Å². The van der Waals surface area contributed by atoms with Gasteiger partial charge in [0, 0.05) is 24.1 Å². The van der Waals surface area contributed by atoms with Crippen molar-refractivity contribution in [1.29, 1.82) is 5.26 Å². The molecule has 0 aliphatic carbocycles. The van der Waals surface area contributed by atoms with Crippen molar-refractivity contribution in [2.45, 2.75) is 61.1 Å². The van der Waals surface area contributed by atoms with Crippen molar-refractivity contribution in [3.05, 3.63) is 108 Å². The molecule has 2 saturated heterocycles. The van der Waals surface area contributed by atoms with E-state index in [4.69, 9.17) is 35.6 Å². The molecular formula is C32H40B2N3O5PS. The van der Waals surface area contributed by atoms with Gasteiger partial charge < -0.3 is 23.6 Å². The van der Waals surface area contributed by atoms with Crippen molar-refractivity contribution in [2.75, 3.05) is 19.8 Å². The van der Waals surface area contributed by atoms with Crippen molar-refractivity contribution in [3.63, 3.8) is 0 Å². The summed E-state index contributed by atoms with van der Waals surface area (Å²) in [5.74, 6) is 0. The van der Waals surface area contributed by atoms with Crippen LogP contribution >= 0.6 is 6.64 Å². The van der Waals surface area contributed by atoms with Gasteiger partial charge in [-0.15, -0.1) is 0 Å². The van der Waals surface area contributed by atoms with E-state index >= 15 is 0 Å². The smallest absolute Gasteiger partial charge is 0.261 e. The van der Waals surface area contributed by atoms with Gasteiger partial charge in [0.1, 0.15) is 15.7 Å². The molecule has 2 aliphatic rings.